The van der Waals surface area contributed by atoms with E-state index in [9.17, 15) is 0 Å². The van der Waals surface area contributed by atoms with Crippen LogP contribution in [0.25, 0.3) is 0 Å². The average molecular weight is 144 g/mol. The third-order valence-corrected chi connectivity index (χ3v) is 1.23. The molecule has 0 saturated heterocycles. The second kappa shape index (κ2) is 2.72. The predicted octanol–water partition coefficient (Wildman–Crippen LogP) is 1.39. The number of rotatable bonds is 0. The molecule has 0 unspecified atom stereocenters. The summed E-state index contributed by atoms with van der Waals surface area (Å²) >= 11 is 0. The standard InChI is InChI=1S/C8H4N2O/c1-6-8(5-10)7(4-9)2-3-11-6/h2-3H,1H2. The molecule has 0 bridgehead atoms. The molecule has 0 spiro atoms. The normalized spacial score (nSPS) is 15.3. The second-order valence-electron chi connectivity index (χ2n) is 1.86. The van der Waals surface area contributed by atoms with Crippen molar-refractivity contribution in [1.82, 2.24) is 0 Å². The van der Waals surface area contributed by atoms with E-state index in [4.69, 9.17) is 15.3 Å². The van der Waals surface area contributed by atoms with Crippen LogP contribution in [0.2, 0.25) is 0 Å². The van der Waals surface area contributed by atoms with Crippen LogP contribution in [0.4, 0.5) is 0 Å². The summed E-state index contributed by atoms with van der Waals surface area (Å²) < 4.78 is 4.81. The molecule has 1 aliphatic heterocycles. The van der Waals surface area contributed by atoms with E-state index >= 15 is 0 Å². The molecular formula is C8H4N2O. The highest BCUT2D eigenvalue weighted by molar-refractivity contribution is 5.53. The van der Waals surface area contributed by atoms with Gasteiger partial charge in [0.15, 0.2) is 0 Å². The lowest BCUT2D eigenvalue weighted by molar-refractivity contribution is 0.361. The van der Waals surface area contributed by atoms with Gasteiger partial charge in [0.1, 0.15) is 23.5 Å². The zero-order chi connectivity index (χ0) is 8.27. The monoisotopic (exact) mass is 144 g/mol. The summed E-state index contributed by atoms with van der Waals surface area (Å²) in [4.78, 5) is 0. The largest absolute Gasteiger partial charge is 0.464 e. The first-order chi connectivity index (χ1) is 5.29. The third kappa shape index (κ3) is 1.12. The van der Waals surface area contributed by atoms with Gasteiger partial charge < -0.3 is 4.74 Å². The fourth-order valence-corrected chi connectivity index (χ4v) is 0.692. The van der Waals surface area contributed by atoms with Gasteiger partial charge in [-0.1, -0.05) is 6.58 Å². The van der Waals surface area contributed by atoms with Crippen molar-refractivity contribution in [1.29, 1.82) is 10.5 Å². The fraction of sp³-hybridized carbons (Fsp3) is 0. The van der Waals surface area contributed by atoms with Gasteiger partial charge >= 0.3 is 0 Å². The summed E-state index contributed by atoms with van der Waals surface area (Å²) in [6.45, 7) is 3.46. The molecule has 1 heterocycles. The van der Waals surface area contributed by atoms with Gasteiger partial charge in [0.2, 0.25) is 0 Å². The molecule has 3 heteroatoms. The van der Waals surface area contributed by atoms with E-state index in [1.54, 1.807) is 0 Å². The summed E-state index contributed by atoms with van der Waals surface area (Å²) in [7, 11) is 0. The molecule has 0 radical (unpaired) electrons. The number of nitriles is 2. The fourth-order valence-electron chi connectivity index (χ4n) is 0.692. The first kappa shape index (κ1) is 7.11. The number of hydrogen-bond donors (Lipinski definition) is 0. The molecule has 1 rings (SSSR count). The number of allylic oxidation sites excluding steroid dienone is 3. The van der Waals surface area contributed by atoms with Crippen LogP contribution in [0.1, 0.15) is 0 Å². The summed E-state index contributed by atoms with van der Waals surface area (Å²) in [6, 6.07) is 3.70. The van der Waals surface area contributed by atoms with Gasteiger partial charge in [-0.3, -0.25) is 0 Å². The van der Waals surface area contributed by atoms with Crippen LogP contribution >= 0.6 is 0 Å². The maximum absolute atomic E-state index is 8.53. The van der Waals surface area contributed by atoms with E-state index < -0.39 is 0 Å². The van der Waals surface area contributed by atoms with Gasteiger partial charge in [-0.25, -0.2) is 0 Å². The molecule has 0 atom stereocenters. The van der Waals surface area contributed by atoms with Crippen LogP contribution in [-0.4, -0.2) is 0 Å². The number of hydrogen-bond acceptors (Lipinski definition) is 3. The van der Waals surface area contributed by atoms with E-state index in [1.165, 1.54) is 12.3 Å². The maximum atomic E-state index is 8.53. The Morgan fingerprint density at radius 1 is 1.36 bits per heavy atom. The van der Waals surface area contributed by atoms with Crippen LogP contribution < -0.4 is 0 Å². The Morgan fingerprint density at radius 2 is 2.09 bits per heavy atom. The minimum atomic E-state index is 0.204. The topological polar surface area (TPSA) is 56.8 Å². The molecule has 0 saturated carbocycles. The number of nitrogens with zero attached hydrogens (tertiary/aromatic N) is 2. The van der Waals surface area contributed by atoms with Gasteiger partial charge in [0, 0.05) is 0 Å². The Labute approximate surface area is 64.1 Å². The van der Waals surface area contributed by atoms with Crippen molar-refractivity contribution >= 4 is 0 Å². The van der Waals surface area contributed by atoms with E-state index in [0.717, 1.165) is 0 Å². The van der Waals surface area contributed by atoms with Crippen molar-refractivity contribution in [3.63, 3.8) is 0 Å². The zero-order valence-electron chi connectivity index (χ0n) is 5.66. The maximum Gasteiger partial charge on any atom is 0.138 e. The molecule has 0 aromatic heterocycles. The highest BCUT2D eigenvalue weighted by Crippen LogP contribution is 2.19. The minimum absolute atomic E-state index is 0.204. The van der Waals surface area contributed by atoms with E-state index in [2.05, 4.69) is 6.58 Å². The van der Waals surface area contributed by atoms with Crippen molar-refractivity contribution in [2.24, 2.45) is 0 Å². The lowest BCUT2D eigenvalue weighted by atomic mass is 10.1. The molecule has 1 aliphatic rings. The minimum Gasteiger partial charge on any atom is -0.464 e. The quantitative estimate of drug-likeness (QED) is 0.516. The molecule has 11 heavy (non-hydrogen) atoms. The van der Waals surface area contributed by atoms with Crippen molar-refractivity contribution < 1.29 is 4.74 Å². The van der Waals surface area contributed by atoms with Gasteiger partial charge in [-0.05, 0) is 6.08 Å². The Kier molecular flexibility index (Phi) is 1.76. The molecule has 0 N–H and O–H groups in total. The average Bonchev–Trinajstić information content (AvgIpc) is 2.04. The van der Waals surface area contributed by atoms with Crippen molar-refractivity contribution in [3.8, 4) is 12.1 Å². The number of ether oxygens (including phenoxy) is 1. The lowest BCUT2D eigenvalue weighted by Gasteiger charge is -2.07. The Bertz CT molecular complexity index is 336. The van der Waals surface area contributed by atoms with Crippen LogP contribution in [0.3, 0.4) is 0 Å². The van der Waals surface area contributed by atoms with Crippen LogP contribution in [0, 0.1) is 22.7 Å². The first-order valence-electron chi connectivity index (χ1n) is 2.86. The van der Waals surface area contributed by atoms with Gasteiger partial charge in [0.25, 0.3) is 0 Å². The van der Waals surface area contributed by atoms with E-state index in [-0.39, 0.29) is 11.3 Å². The highest BCUT2D eigenvalue weighted by Gasteiger charge is 2.11. The highest BCUT2D eigenvalue weighted by atomic mass is 16.5. The van der Waals surface area contributed by atoms with Crippen LogP contribution in [0.5, 0.6) is 0 Å². The molecule has 0 aromatic rings. The molecule has 0 aromatic carbocycles. The van der Waals surface area contributed by atoms with E-state index in [0.29, 0.717) is 5.57 Å². The molecular weight excluding hydrogens is 140 g/mol. The predicted molar refractivity (Wildman–Crippen MR) is 37.6 cm³/mol. The van der Waals surface area contributed by atoms with E-state index in [1.807, 2.05) is 12.1 Å². The second-order valence-corrected chi connectivity index (χ2v) is 1.86. The first-order valence-corrected chi connectivity index (χ1v) is 2.86. The van der Waals surface area contributed by atoms with Crippen molar-refractivity contribution in [2.45, 2.75) is 0 Å². The van der Waals surface area contributed by atoms with Crippen LogP contribution in [0.15, 0.2) is 35.8 Å². The summed E-state index contributed by atoms with van der Waals surface area (Å²) in [5, 5.41) is 17.0. The van der Waals surface area contributed by atoms with Gasteiger partial charge in [-0.15, -0.1) is 0 Å². The molecule has 0 amide bonds. The SMILES string of the molecule is C=C1OC=CC(C#N)=C1C#N. The summed E-state index contributed by atoms with van der Waals surface area (Å²) in [5.74, 6) is 0.228. The summed E-state index contributed by atoms with van der Waals surface area (Å²) in [6.07, 6.45) is 2.77. The molecule has 52 valence electrons. The molecule has 3 nitrogen and oxygen atoms in total. The van der Waals surface area contributed by atoms with Gasteiger partial charge in [0.05, 0.1) is 11.8 Å². The Hall–Kier alpha value is -2.00. The third-order valence-electron chi connectivity index (χ3n) is 1.23. The molecule has 0 aliphatic carbocycles. The smallest absolute Gasteiger partial charge is 0.138 e. The zero-order valence-corrected chi connectivity index (χ0v) is 5.66. The lowest BCUT2D eigenvalue weighted by Crippen LogP contribution is -1.96. The van der Waals surface area contributed by atoms with Crippen LogP contribution in [-0.2, 0) is 4.74 Å². The molecule has 0 fully saturated rings. The summed E-state index contributed by atoms with van der Waals surface area (Å²) in [5.41, 5.74) is 0.499. The van der Waals surface area contributed by atoms with Crippen molar-refractivity contribution in [3.05, 3.63) is 35.8 Å². The van der Waals surface area contributed by atoms with Crippen molar-refractivity contribution in [2.75, 3.05) is 0 Å². The van der Waals surface area contributed by atoms with Gasteiger partial charge in [-0.2, -0.15) is 10.5 Å². The Balaban J connectivity index is 3.21. The Morgan fingerprint density at radius 3 is 2.55 bits per heavy atom.